The van der Waals surface area contributed by atoms with Crippen molar-refractivity contribution in [1.29, 1.82) is 0 Å². The third-order valence-electron chi connectivity index (χ3n) is 4.62. The molecule has 0 radical (unpaired) electrons. The number of nitrogens with zero attached hydrogens (tertiary/aromatic N) is 1. The van der Waals surface area contributed by atoms with E-state index < -0.39 is 5.82 Å². The molecule has 2 atom stereocenters. The first-order chi connectivity index (χ1) is 10.1. The van der Waals surface area contributed by atoms with Gasteiger partial charge in [0.15, 0.2) is 0 Å². The minimum absolute atomic E-state index is 0.116. The highest BCUT2D eigenvalue weighted by atomic mass is 19.1. The van der Waals surface area contributed by atoms with Gasteiger partial charge in [-0.05, 0) is 31.9 Å². The summed E-state index contributed by atoms with van der Waals surface area (Å²) in [5.41, 5.74) is 6.84. The van der Waals surface area contributed by atoms with Crippen LogP contribution in [0.3, 0.4) is 0 Å². The van der Waals surface area contributed by atoms with Gasteiger partial charge < -0.3 is 15.4 Å². The summed E-state index contributed by atoms with van der Waals surface area (Å²) in [7, 11) is 0. The van der Waals surface area contributed by atoms with Crippen LogP contribution in [0.2, 0.25) is 0 Å². The Morgan fingerprint density at radius 1 is 1.38 bits per heavy atom. The molecule has 1 aromatic rings. The van der Waals surface area contributed by atoms with E-state index in [1.807, 2.05) is 4.90 Å². The van der Waals surface area contributed by atoms with Gasteiger partial charge in [-0.1, -0.05) is 12.8 Å². The Morgan fingerprint density at radius 2 is 2.14 bits per heavy atom. The van der Waals surface area contributed by atoms with Gasteiger partial charge in [0.2, 0.25) is 0 Å². The molecular formula is C16H21FN2O2. The molecule has 114 valence electrons. The maximum atomic E-state index is 13.8. The zero-order chi connectivity index (χ0) is 15.0. The molecule has 21 heavy (non-hydrogen) atoms. The van der Waals surface area contributed by atoms with Gasteiger partial charge in [-0.3, -0.25) is 4.79 Å². The van der Waals surface area contributed by atoms with E-state index in [4.69, 9.17) is 10.5 Å². The number of rotatable bonds is 1. The molecule has 1 amide bonds. The summed E-state index contributed by atoms with van der Waals surface area (Å²) >= 11 is 0. The molecule has 3 rings (SSSR count). The first-order valence-corrected chi connectivity index (χ1v) is 7.56. The highest BCUT2D eigenvalue weighted by Crippen LogP contribution is 2.30. The average Bonchev–Trinajstić information content (AvgIpc) is 2.51. The molecule has 1 aliphatic heterocycles. The Kier molecular flexibility index (Phi) is 3.85. The van der Waals surface area contributed by atoms with Gasteiger partial charge in [0.1, 0.15) is 5.82 Å². The minimum Gasteiger partial charge on any atom is -0.398 e. The second-order valence-corrected chi connectivity index (χ2v) is 5.93. The fourth-order valence-electron chi connectivity index (χ4n) is 3.34. The van der Waals surface area contributed by atoms with Crippen molar-refractivity contribution < 1.29 is 13.9 Å². The van der Waals surface area contributed by atoms with E-state index >= 15 is 0 Å². The van der Waals surface area contributed by atoms with Gasteiger partial charge in [-0.2, -0.15) is 0 Å². The molecular weight excluding hydrogens is 271 g/mol. The topological polar surface area (TPSA) is 55.6 Å². The second-order valence-electron chi connectivity index (χ2n) is 5.93. The third kappa shape index (κ3) is 2.62. The van der Waals surface area contributed by atoms with E-state index in [2.05, 4.69) is 0 Å². The molecule has 0 aromatic heterocycles. The molecule has 0 spiro atoms. The smallest absolute Gasteiger partial charge is 0.254 e. The molecule has 2 fully saturated rings. The number of anilines is 1. The molecule has 1 heterocycles. The highest BCUT2D eigenvalue weighted by molar-refractivity contribution is 5.95. The molecule has 2 unspecified atom stereocenters. The Balaban J connectivity index is 1.87. The minimum atomic E-state index is -0.424. The van der Waals surface area contributed by atoms with Crippen molar-refractivity contribution in [2.75, 3.05) is 18.9 Å². The molecule has 4 nitrogen and oxygen atoms in total. The average molecular weight is 292 g/mol. The van der Waals surface area contributed by atoms with Crippen LogP contribution in [-0.2, 0) is 4.74 Å². The van der Waals surface area contributed by atoms with Crippen molar-refractivity contribution in [1.82, 2.24) is 4.90 Å². The van der Waals surface area contributed by atoms with E-state index in [0.29, 0.717) is 30.0 Å². The summed E-state index contributed by atoms with van der Waals surface area (Å²) in [6, 6.07) is 2.99. The van der Waals surface area contributed by atoms with E-state index in [0.717, 1.165) is 25.7 Å². The zero-order valence-electron chi connectivity index (χ0n) is 12.3. The van der Waals surface area contributed by atoms with Gasteiger partial charge in [0.25, 0.3) is 5.91 Å². The molecule has 2 N–H and O–H groups in total. The van der Waals surface area contributed by atoms with Crippen molar-refractivity contribution in [2.45, 2.75) is 44.8 Å². The van der Waals surface area contributed by atoms with Crippen LogP contribution in [0.25, 0.3) is 0 Å². The molecule has 2 aliphatic rings. The quantitative estimate of drug-likeness (QED) is 0.809. The van der Waals surface area contributed by atoms with Crippen LogP contribution in [0.15, 0.2) is 12.1 Å². The molecule has 1 aliphatic carbocycles. The number of hydrogen-bond donors (Lipinski definition) is 1. The summed E-state index contributed by atoms with van der Waals surface area (Å²) in [5.74, 6) is -0.562. The summed E-state index contributed by atoms with van der Waals surface area (Å²) in [5, 5.41) is 0. The zero-order valence-corrected chi connectivity index (χ0v) is 12.3. The van der Waals surface area contributed by atoms with Gasteiger partial charge in [0, 0.05) is 23.4 Å². The van der Waals surface area contributed by atoms with Crippen LogP contribution in [0, 0.1) is 12.7 Å². The van der Waals surface area contributed by atoms with Crippen molar-refractivity contribution >= 4 is 11.6 Å². The predicted octanol–water partition coefficient (Wildman–Crippen LogP) is 2.50. The molecule has 1 saturated carbocycles. The standard InChI is InChI=1S/C16H21FN2O2/c1-10-12(17)8-11(9-13(10)18)16(20)19-6-7-21-15-5-3-2-4-14(15)19/h8-9,14-15H,2-7,18H2,1H3. The SMILES string of the molecule is Cc1c(N)cc(C(=O)N2CCOC3CCCCC32)cc1F. The predicted molar refractivity (Wildman–Crippen MR) is 78.6 cm³/mol. The number of fused-ring (bicyclic) bond motifs is 1. The first-order valence-electron chi connectivity index (χ1n) is 7.56. The Morgan fingerprint density at radius 3 is 2.90 bits per heavy atom. The van der Waals surface area contributed by atoms with E-state index in [-0.39, 0.29) is 18.1 Å². The number of carbonyl (C=O) groups is 1. The molecule has 1 saturated heterocycles. The lowest BCUT2D eigenvalue weighted by Gasteiger charge is -2.43. The number of ether oxygens (including phenoxy) is 1. The van der Waals surface area contributed by atoms with Crippen molar-refractivity contribution in [3.05, 3.63) is 29.1 Å². The largest absolute Gasteiger partial charge is 0.398 e. The number of nitrogens with two attached hydrogens (primary N) is 1. The normalized spacial score (nSPS) is 25.5. The number of morpholine rings is 1. The second kappa shape index (κ2) is 5.64. The number of carbonyl (C=O) groups excluding carboxylic acids is 1. The van der Waals surface area contributed by atoms with Gasteiger partial charge >= 0.3 is 0 Å². The monoisotopic (exact) mass is 292 g/mol. The highest BCUT2D eigenvalue weighted by Gasteiger charge is 2.37. The van der Waals surface area contributed by atoms with Crippen molar-refractivity contribution in [3.8, 4) is 0 Å². The summed E-state index contributed by atoms with van der Waals surface area (Å²) < 4.78 is 19.6. The fourth-order valence-corrected chi connectivity index (χ4v) is 3.34. The number of benzene rings is 1. The van der Waals surface area contributed by atoms with Crippen LogP contribution in [-0.4, -0.2) is 36.1 Å². The van der Waals surface area contributed by atoms with E-state index in [1.165, 1.54) is 6.07 Å². The Hall–Kier alpha value is -1.62. The summed E-state index contributed by atoms with van der Waals surface area (Å²) in [6.45, 7) is 2.73. The Labute approximate surface area is 124 Å². The van der Waals surface area contributed by atoms with Gasteiger partial charge in [0.05, 0.1) is 18.8 Å². The Bertz CT molecular complexity index is 536. The first kappa shape index (κ1) is 14.3. The maximum absolute atomic E-state index is 13.8. The third-order valence-corrected chi connectivity index (χ3v) is 4.62. The maximum Gasteiger partial charge on any atom is 0.254 e. The van der Waals surface area contributed by atoms with Gasteiger partial charge in [-0.15, -0.1) is 0 Å². The summed E-state index contributed by atoms with van der Waals surface area (Å²) in [6.07, 6.45) is 4.34. The van der Waals surface area contributed by atoms with Crippen LogP contribution in [0.4, 0.5) is 10.1 Å². The van der Waals surface area contributed by atoms with Crippen LogP contribution in [0.1, 0.15) is 41.6 Å². The number of nitrogen functional groups attached to an aromatic ring is 1. The van der Waals surface area contributed by atoms with Crippen LogP contribution < -0.4 is 5.73 Å². The number of halogens is 1. The van der Waals surface area contributed by atoms with Crippen LogP contribution >= 0.6 is 0 Å². The lowest BCUT2D eigenvalue weighted by Crippen LogP contribution is -2.54. The number of amides is 1. The number of hydrogen-bond acceptors (Lipinski definition) is 3. The lowest BCUT2D eigenvalue weighted by atomic mass is 9.89. The molecule has 5 heteroatoms. The van der Waals surface area contributed by atoms with E-state index in [9.17, 15) is 9.18 Å². The van der Waals surface area contributed by atoms with E-state index in [1.54, 1.807) is 13.0 Å². The van der Waals surface area contributed by atoms with Gasteiger partial charge in [-0.25, -0.2) is 4.39 Å². The molecule has 0 bridgehead atoms. The molecule has 1 aromatic carbocycles. The van der Waals surface area contributed by atoms with Crippen molar-refractivity contribution in [3.63, 3.8) is 0 Å². The van der Waals surface area contributed by atoms with Crippen LogP contribution in [0.5, 0.6) is 0 Å². The fraction of sp³-hybridized carbons (Fsp3) is 0.562. The summed E-state index contributed by atoms with van der Waals surface area (Å²) in [4.78, 5) is 14.6. The lowest BCUT2D eigenvalue weighted by molar-refractivity contribution is -0.0752. The van der Waals surface area contributed by atoms with Crippen molar-refractivity contribution in [2.24, 2.45) is 0 Å².